The number of para-hydroxylation sites is 1. The van der Waals surface area contributed by atoms with Crippen LogP contribution in [0.5, 0.6) is 5.75 Å². The molecule has 132 valence electrons. The van der Waals surface area contributed by atoms with Gasteiger partial charge in [-0.05, 0) is 24.1 Å². The van der Waals surface area contributed by atoms with Crippen LogP contribution < -0.4 is 4.74 Å². The summed E-state index contributed by atoms with van der Waals surface area (Å²) in [7, 11) is 0. The van der Waals surface area contributed by atoms with Crippen molar-refractivity contribution in [1.82, 2.24) is 9.80 Å². The van der Waals surface area contributed by atoms with Crippen molar-refractivity contribution in [1.29, 1.82) is 0 Å². The molecule has 0 atom stereocenters. The van der Waals surface area contributed by atoms with Crippen molar-refractivity contribution in [3.05, 3.63) is 66.0 Å². The Bertz CT molecular complexity index is 685. The molecular formula is C20H23FN2O2. The molecule has 0 aliphatic carbocycles. The number of halogens is 1. The second-order valence-corrected chi connectivity index (χ2v) is 6.18. The Labute approximate surface area is 147 Å². The second kappa shape index (κ2) is 8.62. The molecule has 3 rings (SSSR count). The van der Waals surface area contributed by atoms with Crippen LogP contribution in [0, 0.1) is 5.82 Å². The van der Waals surface area contributed by atoms with Crippen LogP contribution in [0.1, 0.15) is 5.56 Å². The lowest BCUT2D eigenvalue weighted by atomic mass is 10.1. The third-order valence-corrected chi connectivity index (χ3v) is 4.47. The van der Waals surface area contributed by atoms with Crippen LogP contribution in [0.15, 0.2) is 54.6 Å². The van der Waals surface area contributed by atoms with E-state index in [1.54, 1.807) is 17.0 Å². The fourth-order valence-corrected chi connectivity index (χ4v) is 2.95. The minimum atomic E-state index is -0.443. The summed E-state index contributed by atoms with van der Waals surface area (Å²) in [4.78, 5) is 16.4. The number of benzene rings is 2. The Kier molecular flexibility index (Phi) is 6.01. The quantitative estimate of drug-likeness (QED) is 0.809. The number of amides is 1. The van der Waals surface area contributed by atoms with Crippen LogP contribution in [0.4, 0.5) is 4.39 Å². The van der Waals surface area contributed by atoms with E-state index in [9.17, 15) is 9.18 Å². The Morgan fingerprint density at radius 2 is 1.64 bits per heavy atom. The molecule has 2 aromatic carbocycles. The summed E-state index contributed by atoms with van der Waals surface area (Å²) in [5.74, 6) is -0.413. The van der Waals surface area contributed by atoms with Crippen LogP contribution in [0.2, 0.25) is 0 Å². The zero-order chi connectivity index (χ0) is 17.5. The van der Waals surface area contributed by atoms with Gasteiger partial charge >= 0.3 is 0 Å². The average molecular weight is 342 g/mol. The topological polar surface area (TPSA) is 32.8 Å². The Balaban J connectivity index is 1.39. The van der Waals surface area contributed by atoms with Crippen molar-refractivity contribution in [3.8, 4) is 5.75 Å². The molecule has 0 spiro atoms. The van der Waals surface area contributed by atoms with Crippen molar-refractivity contribution < 1.29 is 13.9 Å². The fourth-order valence-electron chi connectivity index (χ4n) is 2.95. The summed E-state index contributed by atoms with van der Waals surface area (Å²) < 4.78 is 18.8. The van der Waals surface area contributed by atoms with Crippen LogP contribution in [-0.4, -0.2) is 55.0 Å². The molecule has 0 bridgehead atoms. The van der Waals surface area contributed by atoms with Gasteiger partial charge in [-0.1, -0.05) is 42.5 Å². The van der Waals surface area contributed by atoms with Gasteiger partial charge in [0.05, 0.1) is 0 Å². The van der Waals surface area contributed by atoms with Gasteiger partial charge in [0.15, 0.2) is 18.2 Å². The Morgan fingerprint density at radius 1 is 0.960 bits per heavy atom. The molecule has 0 radical (unpaired) electrons. The monoisotopic (exact) mass is 342 g/mol. The van der Waals surface area contributed by atoms with Gasteiger partial charge in [-0.2, -0.15) is 0 Å². The van der Waals surface area contributed by atoms with E-state index in [1.807, 2.05) is 6.07 Å². The predicted octanol–water partition coefficient (Wildman–Crippen LogP) is 2.59. The Hall–Kier alpha value is -2.40. The minimum absolute atomic E-state index is 0.0917. The van der Waals surface area contributed by atoms with Gasteiger partial charge in [-0.15, -0.1) is 0 Å². The summed E-state index contributed by atoms with van der Waals surface area (Å²) in [6.45, 7) is 3.97. The molecular weight excluding hydrogens is 319 g/mol. The maximum Gasteiger partial charge on any atom is 0.260 e. The minimum Gasteiger partial charge on any atom is -0.481 e. The maximum absolute atomic E-state index is 13.5. The van der Waals surface area contributed by atoms with E-state index >= 15 is 0 Å². The van der Waals surface area contributed by atoms with E-state index < -0.39 is 5.82 Å². The van der Waals surface area contributed by atoms with Crippen LogP contribution in [0.25, 0.3) is 0 Å². The molecule has 0 aromatic heterocycles. The highest BCUT2D eigenvalue weighted by Crippen LogP contribution is 2.15. The molecule has 5 heteroatoms. The van der Waals surface area contributed by atoms with E-state index in [-0.39, 0.29) is 18.3 Å². The molecule has 2 aromatic rings. The second-order valence-electron chi connectivity index (χ2n) is 6.18. The first-order valence-electron chi connectivity index (χ1n) is 8.64. The van der Waals surface area contributed by atoms with E-state index in [4.69, 9.17) is 4.74 Å². The zero-order valence-electron chi connectivity index (χ0n) is 14.2. The van der Waals surface area contributed by atoms with Gasteiger partial charge in [-0.3, -0.25) is 9.69 Å². The SMILES string of the molecule is O=C(COc1ccccc1F)N1CCN(CCc2ccccc2)CC1. The van der Waals surface area contributed by atoms with Crippen LogP contribution >= 0.6 is 0 Å². The lowest BCUT2D eigenvalue weighted by Gasteiger charge is -2.34. The first-order valence-corrected chi connectivity index (χ1v) is 8.64. The number of ether oxygens (including phenoxy) is 1. The summed E-state index contributed by atoms with van der Waals surface area (Å²) in [6, 6.07) is 16.6. The molecule has 1 saturated heterocycles. The molecule has 0 N–H and O–H groups in total. The highest BCUT2D eigenvalue weighted by atomic mass is 19.1. The molecule has 4 nitrogen and oxygen atoms in total. The van der Waals surface area contributed by atoms with Crippen molar-refractivity contribution in [3.63, 3.8) is 0 Å². The lowest BCUT2D eigenvalue weighted by Crippen LogP contribution is -2.50. The number of hydrogen-bond acceptors (Lipinski definition) is 3. The number of nitrogens with zero attached hydrogens (tertiary/aromatic N) is 2. The lowest BCUT2D eigenvalue weighted by molar-refractivity contribution is -0.135. The number of hydrogen-bond donors (Lipinski definition) is 0. The van der Waals surface area contributed by atoms with Crippen molar-refractivity contribution in [2.75, 3.05) is 39.3 Å². The third-order valence-electron chi connectivity index (χ3n) is 4.47. The number of carbonyl (C=O) groups is 1. The highest BCUT2D eigenvalue weighted by Gasteiger charge is 2.21. The van der Waals surface area contributed by atoms with Crippen LogP contribution in [-0.2, 0) is 11.2 Å². The van der Waals surface area contributed by atoms with Crippen molar-refractivity contribution >= 4 is 5.91 Å². The molecule has 1 aliphatic heterocycles. The molecule has 0 unspecified atom stereocenters. The molecule has 25 heavy (non-hydrogen) atoms. The smallest absolute Gasteiger partial charge is 0.260 e. The average Bonchev–Trinajstić information content (AvgIpc) is 2.67. The standard InChI is InChI=1S/C20H23FN2O2/c21-18-8-4-5-9-19(18)25-16-20(24)23-14-12-22(13-15-23)11-10-17-6-2-1-3-7-17/h1-9H,10-16H2. The Morgan fingerprint density at radius 3 is 2.36 bits per heavy atom. The van der Waals surface area contributed by atoms with Gasteiger partial charge in [-0.25, -0.2) is 4.39 Å². The van der Waals surface area contributed by atoms with E-state index in [0.29, 0.717) is 13.1 Å². The zero-order valence-corrected chi connectivity index (χ0v) is 14.2. The van der Waals surface area contributed by atoms with Gasteiger partial charge in [0.2, 0.25) is 0 Å². The van der Waals surface area contributed by atoms with E-state index in [0.717, 1.165) is 26.1 Å². The van der Waals surface area contributed by atoms with Gasteiger partial charge in [0.25, 0.3) is 5.91 Å². The van der Waals surface area contributed by atoms with E-state index in [1.165, 1.54) is 17.7 Å². The predicted molar refractivity (Wildman–Crippen MR) is 95.1 cm³/mol. The van der Waals surface area contributed by atoms with Crippen LogP contribution in [0.3, 0.4) is 0 Å². The molecule has 1 aliphatic rings. The van der Waals surface area contributed by atoms with Crippen molar-refractivity contribution in [2.24, 2.45) is 0 Å². The first-order chi connectivity index (χ1) is 12.2. The summed E-state index contributed by atoms with van der Waals surface area (Å²) in [5, 5.41) is 0. The number of carbonyl (C=O) groups excluding carboxylic acids is 1. The molecule has 1 fully saturated rings. The first kappa shape index (κ1) is 17.4. The van der Waals surface area contributed by atoms with Gasteiger partial charge in [0, 0.05) is 32.7 Å². The normalized spacial score (nSPS) is 15.2. The largest absolute Gasteiger partial charge is 0.481 e. The molecule has 0 saturated carbocycles. The molecule has 1 heterocycles. The number of piperazine rings is 1. The summed E-state index contributed by atoms with van der Waals surface area (Å²) in [6.07, 6.45) is 1.02. The molecule has 1 amide bonds. The van der Waals surface area contributed by atoms with Gasteiger partial charge in [0.1, 0.15) is 0 Å². The highest BCUT2D eigenvalue weighted by molar-refractivity contribution is 5.77. The maximum atomic E-state index is 13.5. The van der Waals surface area contributed by atoms with Gasteiger partial charge < -0.3 is 9.64 Å². The summed E-state index contributed by atoms with van der Waals surface area (Å²) >= 11 is 0. The van der Waals surface area contributed by atoms with Crippen molar-refractivity contribution in [2.45, 2.75) is 6.42 Å². The summed E-state index contributed by atoms with van der Waals surface area (Å²) in [5.41, 5.74) is 1.33. The third kappa shape index (κ3) is 5.03. The fraction of sp³-hybridized carbons (Fsp3) is 0.350. The number of rotatable bonds is 6. The van der Waals surface area contributed by atoms with E-state index in [2.05, 4.69) is 29.2 Å².